The standard InChI is InChI=1S/C23H30FN5O/c24-21-4-6-22(7-5-21)29-17-20(16-26-29)19-8-13-28(14-9-19)18-23(30)25-10-15-27-11-2-1-3-12-27/h4-8,16-17H,1-3,9-15,18H2,(H,25,30). The Labute approximate surface area is 177 Å². The van der Waals surface area contributed by atoms with Crippen molar-refractivity contribution >= 4 is 11.5 Å². The monoisotopic (exact) mass is 411 g/mol. The fourth-order valence-electron chi connectivity index (χ4n) is 4.14. The van der Waals surface area contributed by atoms with Gasteiger partial charge in [0, 0.05) is 37.9 Å². The van der Waals surface area contributed by atoms with Gasteiger partial charge in [-0.1, -0.05) is 12.5 Å². The van der Waals surface area contributed by atoms with Gasteiger partial charge in [0.25, 0.3) is 0 Å². The highest BCUT2D eigenvalue weighted by Gasteiger charge is 2.17. The van der Waals surface area contributed by atoms with Gasteiger partial charge < -0.3 is 10.2 Å². The summed E-state index contributed by atoms with van der Waals surface area (Å²) in [6.45, 7) is 6.06. The number of hydrogen-bond donors (Lipinski definition) is 1. The predicted octanol–water partition coefficient (Wildman–Crippen LogP) is 2.70. The van der Waals surface area contributed by atoms with Gasteiger partial charge in [-0.25, -0.2) is 9.07 Å². The number of nitrogens with one attached hydrogen (secondary N) is 1. The van der Waals surface area contributed by atoms with Crippen LogP contribution in [-0.2, 0) is 4.79 Å². The first kappa shape index (κ1) is 20.8. The van der Waals surface area contributed by atoms with Crippen molar-refractivity contribution < 1.29 is 9.18 Å². The van der Waals surface area contributed by atoms with Crippen LogP contribution in [0, 0.1) is 5.82 Å². The van der Waals surface area contributed by atoms with Crippen molar-refractivity contribution in [1.82, 2.24) is 24.9 Å². The molecule has 2 aliphatic rings. The lowest BCUT2D eigenvalue weighted by Gasteiger charge is -2.27. The minimum Gasteiger partial charge on any atom is -0.354 e. The molecule has 1 fully saturated rings. The van der Waals surface area contributed by atoms with Crippen molar-refractivity contribution in [1.29, 1.82) is 0 Å². The molecule has 0 radical (unpaired) electrons. The third kappa shape index (κ3) is 5.55. The minimum absolute atomic E-state index is 0.105. The molecule has 0 aliphatic carbocycles. The summed E-state index contributed by atoms with van der Waals surface area (Å²) in [5.74, 6) is -0.148. The first-order valence-corrected chi connectivity index (χ1v) is 10.9. The Kier molecular flexibility index (Phi) is 6.92. The van der Waals surface area contributed by atoms with Crippen LogP contribution in [0.2, 0.25) is 0 Å². The van der Waals surface area contributed by atoms with Crippen LogP contribution in [0.25, 0.3) is 11.3 Å². The Morgan fingerprint density at radius 1 is 1.07 bits per heavy atom. The van der Waals surface area contributed by atoms with Gasteiger partial charge in [0.15, 0.2) is 0 Å². The van der Waals surface area contributed by atoms with Crippen molar-refractivity contribution in [3.05, 3.63) is 54.1 Å². The van der Waals surface area contributed by atoms with Crippen LogP contribution in [0.4, 0.5) is 4.39 Å². The zero-order valence-electron chi connectivity index (χ0n) is 17.4. The van der Waals surface area contributed by atoms with E-state index in [2.05, 4.69) is 26.3 Å². The second-order valence-corrected chi connectivity index (χ2v) is 8.12. The van der Waals surface area contributed by atoms with E-state index in [1.54, 1.807) is 16.8 Å². The number of nitrogens with zero attached hydrogens (tertiary/aromatic N) is 4. The highest BCUT2D eigenvalue weighted by Crippen LogP contribution is 2.23. The largest absolute Gasteiger partial charge is 0.354 e. The Balaban J connectivity index is 1.23. The summed E-state index contributed by atoms with van der Waals surface area (Å²) >= 11 is 0. The molecule has 1 N–H and O–H groups in total. The Bertz CT molecular complexity index is 870. The fraction of sp³-hybridized carbons (Fsp3) is 0.478. The van der Waals surface area contributed by atoms with Crippen LogP contribution >= 0.6 is 0 Å². The zero-order chi connectivity index (χ0) is 20.8. The van der Waals surface area contributed by atoms with Gasteiger partial charge in [-0.15, -0.1) is 0 Å². The molecule has 7 heteroatoms. The number of rotatable bonds is 7. The summed E-state index contributed by atoms with van der Waals surface area (Å²) in [4.78, 5) is 16.9. The average Bonchev–Trinajstić information content (AvgIpc) is 3.26. The van der Waals surface area contributed by atoms with E-state index in [0.717, 1.165) is 56.9 Å². The molecule has 30 heavy (non-hydrogen) atoms. The van der Waals surface area contributed by atoms with E-state index in [0.29, 0.717) is 6.54 Å². The maximum atomic E-state index is 13.1. The average molecular weight is 412 g/mol. The van der Waals surface area contributed by atoms with Crippen LogP contribution in [-0.4, -0.2) is 71.3 Å². The third-order valence-electron chi connectivity index (χ3n) is 5.90. The maximum absolute atomic E-state index is 13.1. The Morgan fingerprint density at radius 2 is 1.87 bits per heavy atom. The number of likely N-dealkylation sites (tertiary alicyclic amines) is 1. The van der Waals surface area contributed by atoms with Crippen LogP contribution in [0.3, 0.4) is 0 Å². The molecular formula is C23H30FN5O. The minimum atomic E-state index is -0.253. The molecule has 2 aromatic rings. The number of benzene rings is 1. The Hall–Kier alpha value is -2.51. The summed E-state index contributed by atoms with van der Waals surface area (Å²) in [6, 6.07) is 6.30. The molecule has 1 aromatic carbocycles. The van der Waals surface area contributed by atoms with Gasteiger partial charge in [-0.2, -0.15) is 5.10 Å². The highest BCUT2D eigenvalue weighted by molar-refractivity contribution is 5.78. The normalized spacial score (nSPS) is 18.2. The van der Waals surface area contributed by atoms with E-state index in [1.165, 1.54) is 37.0 Å². The summed E-state index contributed by atoms with van der Waals surface area (Å²) in [7, 11) is 0. The first-order valence-electron chi connectivity index (χ1n) is 10.9. The van der Waals surface area contributed by atoms with Gasteiger partial charge in [0.05, 0.1) is 18.4 Å². The third-order valence-corrected chi connectivity index (χ3v) is 5.90. The lowest BCUT2D eigenvalue weighted by atomic mass is 10.0. The SMILES string of the molecule is O=C(CN1CC=C(c2cnn(-c3ccc(F)cc3)c2)CC1)NCCN1CCCCC1. The highest BCUT2D eigenvalue weighted by atomic mass is 19.1. The van der Waals surface area contributed by atoms with Crippen molar-refractivity contribution in [3.63, 3.8) is 0 Å². The topological polar surface area (TPSA) is 53.4 Å². The van der Waals surface area contributed by atoms with E-state index in [1.807, 2.05) is 12.4 Å². The first-order chi connectivity index (χ1) is 14.7. The number of piperidine rings is 1. The molecule has 4 rings (SSSR count). The molecule has 1 saturated heterocycles. The number of halogens is 1. The summed E-state index contributed by atoms with van der Waals surface area (Å²) in [6.07, 6.45) is 10.8. The molecule has 3 heterocycles. The molecule has 0 spiro atoms. The van der Waals surface area contributed by atoms with Gasteiger partial charge in [-0.3, -0.25) is 9.69 Å². The molecule has 0 saturated carbocycles. The molecule has 0 bridgehead atoms. The molecule has 2 aliphatic heterocycles. The predicted molar refractivity (Wildman–Crippen MR) is 116 cm³/mol. The molecule has 6 nitrogen and oxygen atoms in total. The Morgan fingerprint density at radius 3 is 2.60 bits per heavy atom. The van der Waals surface area contributed by atoms with Gasteiger partial charge >= 0.3 is 0 Å². The molecule has 1 amide bonds. The second-order valence-electron chi connectivity index (χ2n) is 8.12. The van der Waals surface area contributed by atoms with Crippen molar-refractivity contribution in [3.8, 4) is 5.69 Å². The zero-order valence-corrected chi connectivity index (χ0v) is 17.4. The maximum Gasteiger partial charge on any atom is 0.234 e. The van der Waals surface area contributed by atoms with Gasteiger partial charge in [-0.05, 0) is 62.2 Å². The number of carbonyl (C=O) groups is 1. The van der Waals surface area contributed by atoms with Crippen molar-refractivity contribution in [2.24, 2.45) is 0 Å². The van der Waals surface area contributed by atoms with E-state index in [-0.39, 0.29) is 11.7 Å². The molecular weight excluding hydrogens is 381 g/mol. The second kappa shape index (κ2) is 10.00. The molecule has 0 atom stereocenters. The van der Waals surface area contributed by atoms with E-state index < -0.39 is 0 Å². The van der Waals surface area contributed by atoms with Crippen LogP contribution < -0.4 is 5.32 Å². The van der Waals surface area contributed by atoms with E-state index >= 15 is 0 Å². The number of amides is 1. The number of aromatic nitrogens is 2. The van der Waals surface area contributed by atoms with Crippen LogP contribution in [0.15, 0.2) is 42.7 Å². The molecule has 160 valence electrons. The van der Waals surface area contributed by atoms with Crippen molar-refractivity contribution in [2.45, 2.75) is 25.7 Å². The van der Waals surface area contributed by atoms with Crippen LogP contribution in [0.1, 0.15) is 31.2 Å². The summed E-state index contributed by atoms with van der Waals surface area (Å²) in [5, 5.41) is 7.47. The number of hydrogen-bond acceptors (Lipinski definition) is 4. The molecule has 0 unspecified atom stereocenters. The smallest absolute Gasteiger partial charge is 0.234 e. The lowest BCUT2D eigenvalue weighted by molar-refractivity contribution is -0.122. The van der Waals surface area contributed by atoms with Gasteiger partial charge in [0.2, 0.25) is 5.91 Å². The fourth-order valence-corrected chi connectivity index (χ4v) is 4.14. The van der Waals surface area contributed by atoms with Gasteiger partial charge in [0.1, 0.15) is 5.82 Å². The number of carbonyl (C=O) groups excluding carboxylic acids is 1. The van der Waals surface area contributed by atoms with Crippen LogP contribution in [0.5, 0.6) is 0 Å². The summed E-state index contributed by atoms with van der Waals surface area (Å²) < 4.78 is 14.9. The quantitative estimate of drug-likeness (QED) is 0.761. The summed E-state index contributed by atoms with van der Waals surface area (Å²) in [5.41, 5.74) is 3.15. The lowest BCUT2D eigenvalue weighted by Crippen LogP contribution is -2.42. The molecule has 1 aromatic heterocycles. The van der Waals surface area contributed by atoms with Crippen molar-refractivity contribution in [2.75, 3.05) is 45.8 Å². The van der Waals surface area contributed by atoms with E-state index in [9.17, 15) is 9.18 Å². The van der Waals surface area contributed by atoms with E-state index in [4.69, 9.17) is 0 Å².